The van der Waals surface area contributed by atoms with Gasteiger partial charge in [0, 0.05) is 36.6 Å². The summed E-state index contributed by atoms with van der Waals surface area (Å²) in [6, 6.07) is 15.9. The molecule has 1 fully saturated rings. The smallest absolute Gasteiger partial charge is 0.146 e. The number of hydrogen-bond acceptors (Lipinski definition) is 7. The molecule has 0 atom stereocenters. The van der Waals surface area contributed by atoms with Crippen molar-refractivity contribution in [2.75, 3.05) is 42.8 Å². The van der Waals surface area contributed by atoms with Crippen molar-refractivity contribution in [2.24, 2.45) is 0 Å². The van der Waals surface area contributed by atoms with Gasteiger partial charge in [0.25, 0.3) is 0 Å². The minimum atomic E-state index is 0.666. The largest absolute Gasteiger partial charge is 0.497 e. The Bertz CT molecular complexity index is 956. The number of benzene rings is 2. The first kappa shape index (κ1) is 18.9. The molecule has 4 rings (SSSR count). The third-order valence-corrected chi connectivity index (χ3v) is 4.95. The van der Waals surface area contributed by atoms with Gasteiger partial charge in [-0.15, -0.1) is 0 Å². The Hall–Kier alpha value is -3.48. The molecule has 0 unspecified atom stereocenters. The minimum Gasteiger partial charge on any atom is -0.497 e. The zero-order valence-electron chi connectivity index (χ0n) is 16.7. The summed E-state index contributed by atoms with van der Waals surface area (Å²) in [4.78, 5) is 11.0. The summed E-state index contributed by atoms with van der Waals surface area (Å²) < 4.78 is 10.7. The summed E-state index contributed by atoms with van der Waals surface area (Å²) >= 11 is 0. The number of hydrogen-bond donors (Lipinski definition) is 2. The Morgan fingerprint density at radius 3 is 2.24 bits per heavy atom. The summed E-state index contributed by atoms with van der Waals surface area (Å²) in [6.45, 7) is 2.28. The van der Waals surface area contributed by atoms with E-state index in [9.17, 15) is 0 Å². The van der Waals surface area contributed by atoms with Crippen molar-refractivity contribution in [2.45, 2.75) is 12.8 Å². The molecule has 3 aromatic rings. The predicted octanol–water partition coefficient (Wildman–Crippen LogP) is 4.58. The van der Waals surface area contributed by atoms with Crippen LogP contribution in [0.25, 0.3) is 0 Å². The van der Waals surface area contributed by atoms with E-state index >= 15 is 0 Å². The number of nitrogens with one attached hydrogen (secondary N) is 2. The van der Waals surface area contributed by atoms with Gasteiger partial charge in [-0.25, -0.2) is 9.97 Å². The number of nitrogens with zero attached hydrogens (tertiary/aromatic N) is 3. The molecule has 0 radical (unpaired) electrons. The van der Waals surface area contributed by atoms with Crippen LogP contribution in [0.4, 0.5) is 28.7 Å². The van der Waals surface area contributed by atoms with Crippen LogP contribution in [0.5, 0.6) is 11.5 Å². The maximum absolute atomic E-state index is 5.43. The number of ether oxygens (including phenoxy) is 2. The van der Waals surface area contributed by atoms with Crippen molar-refractivity contribution in [3.05, 3.63) is 54.9 Å². The topological polar surface area (TPSA) is 71.5 Å². The molecule has 0 saturated carbocycles. The zero-order valence-corrected chi connectivity index (χ0v) is 16.7. The molecule has 1 saturated heterocycles. The molecule has 2 aromatic carbocycles. The summed E-state index contributed by atoms with van der Waals surface area (Å²) in [6.07, 6.45) is 4.07. The van der Waals surface area contributed by atoms with E-state index in [1.54, 1.807) is 14.2 Å². The van der Waals surface area contributed by atoms with E-state index < -0.39 is 0 Å². The third-order valence-electron chi connectivity index (χ3n) is 4.95. The lowest BCUT2D eigenvalue weighted by molar-refractivity contribution is 0.395. The molecule has 1 aliphatic heterocycles. The van der Waals surface area contributed by atoms with Crippen LogP contribution in [0.15, 0.2) is 54.9 Å². The van der Waals surface area contributed by atoms with E-state index in [0.29, 0.717) is 17.4 Å². The Labute approximate surface area is 170 Å². The molecule has 0 bridgehead atoms. The van der Waals surface area contributed by atoms with Gasteiger partial charge in [-0.2, -0.15) is 0 Å². The molecule has 7 heteroatoms. The summed E-state index contributed by atoms with van der Waals surface area (Å²) in [5, 5.41) is 6.60. The lowest BCUT2D eigenvalue weighted by Gasteiger charge is -2.18. The van der Waals surface area contributed by atoms with Crippen molar-refractivity contribution < 1.29 is 9.47 Å². The summed E-state index contributed by atoms with van der Waals surface area (Å²) in [5.41, 5.74) is 3.05. The maximum Gasteiger partial charge on any atom is 0.146 e. The number of aromatic nitrogens is 2. The maximum atomic E-state index is 5.43. The standard InChI is InChI=1S/C22H25N5O2/c1-28-18-9-10-19(20(13-18)29-2)26-22-14-21(23-15-24-22)25-16-5-7-17(8-6-16)27-11-3-4-12-27/h5-10,13-15H,3-4,11-12H2,1-2H3,(H2,23,24,25,26). The summed E-state index contributed by atoms with van der Waals surface area (Å²) in [5.74, 6) is 2.79. The number of methoxy groups -OCH3 is 2. The summed E-state index contributed by atoms with van der Waals surface area (Å²) in [7, 11) is 3.25. The minimum absolute atomic E-state index is 0.666. The van der Waals surface area contributed by atoms with Gasteiger partial charge in [-0.3, -0.25) is 0 Å². The highest BCUT2D eigenvalue weighted by molar-refractivity contribution is 5.68. The Balaban J connectivity index is 1.46. The van der Waals surface area contributed by atoms with Crippen LogP contribution in [0.3, 0.4) is 0 Å². The van der Waals surface area contributed by atoms with Gasteiger partial charge in [0.2, 0.25) is 0 Å². The van der Waals surface area contributed by atoms with Crippen molar-refractivity contribution >= 4 is 28.7 Å². The van der Waals surface area contributed by atoms with Crippen LogP contribution in [0, 0.1) is 0 Å². The quantitative estimate of drug-likeness (QED) is 0.611. The second-order valence-corrected chi connectivity index (χ2v) is 6.85. The van der Waals surface area contributed by atoms with Crippen LogP contribution < -0.4 is 25.0 Å². The van der Waals surface area contributed by atoms with E-state index in [2.05, 4.69) is 49.8 Å². The van der Waals surface area contributed by atoms with Crippen molar-refractivity contribution in [3.63, 3.8) is 0 Å². The van der Waals surface area contributed by atoms with Gasteiger partial charge in [0.1, 0.15) is 29.5 Å². The van der Waals surface area contributed by atoms with E-state index in [-0.39, 0.29) is 0 Å². The van der Waals surface area contributed by atoms with Crippen molar-refractivity contribution in [3.8, 4) is 11.5 Å². The second-order valence-electron chi connectivity index (χ2n) is 6.85. The molecule has 0 aliphatic carbocycles. The van der Waals surface area contributed by atoms with Gasteiger partial charge in [-0.1, -0.05) is 0 Å². The molecule has 7 nitrogen and oxygen atoms in total. The van der Waals surface area contributed by atoms with Crippen LogP contribution in [0.2, 0.25) is 0 Å². The SMILES string of the molecule is COc1ccc(Nc2cc(Nc3ccc(N4CCCC4)cc3)ncn2)c(OC)c1. The van der Waals surface area contributed by atoms with Gasteiger partial charge in [0.15, 0.2) is 0 Å². The Morgan fingerprint density at radius 1 is 0.828 bits per heavy atom. The van der Waals surface area contributed by atoms with Gasteiger partial charge < -0.3 is 25.0 Å². The fourth-order valence-corrected chi connectivity index (χ4v) is 3.41. The molecule has 29 heavy (non-hydrogen) atoms. The highest BCUT2D eigenvalue weighted by Crippen LogP contribution is 2.31. The zero-order chi connectivity index (χ0) is 20.1. The van der Waals surface area contributed by atoms with E-state index in [4.69, 9.17) is 9.47 Å². The van der Waals surface area contributed by atoms with Gasteiger partial charge in [-0.05, 0) is 49.2 Å². The van der Waals surface area contributed by atoms with Crippen molar-refractivity contribution in [1.82, 2.24) is 9.97 Å². The normalized spacial score (nSPS) is 13.2. The Morgan fingerprint density at radius 2 is 1.55 bits per heavy atom. The highest BCUT2D eigenvalue weighted by atomic mass is 16.5. The highest BCUT2D eigenvalue weighted by Gasteiger charge is 2.12. The molecule has 150 valence electrons. The average molecular weight is 391 g/mol. The number of anilines is 5. The van der Waals surface area contributed by atoms with Crippen LogP contribution in [-0.2, 0) is 0 Å². The fourth-order valence-electron chi connectivity index (χ4n) is 3.41. The van der Waals surface area contributed by atoms with Crippen LogP contribution in [-0.4, -0.2) is 37.3 Å². The first-order valence-electron chi connectivity index (χ1n) is 9.68. The second kappa shape index (κ2) is 8.68. The first-order chi connectivity index (χ1) is 14.2. The van der Waals surface area contributed by atoms with Crippen molar-refractivity contribution in [1.29, 1.82) is 0 Å². The van der Waals surface area contributed by atoms with Crippen LogP contribution in [0.1, 0.15) is 12.8 Å². The molecule has 0 spiro atoms. The fraction of sp³-hybridized carbons (Fsp3) is 0.273. The van der Waals surface area contributed by atoms with E-state index in [1.807, 2.05) is 24.3 Å². The Kier molecular flexibility index (Phi) is 5.65. The molecule has 2 N–H and O–H groups in total. The molecule has 2 heterocycles. The van der Waals surface area contributed by atoms with Gasteiger partial charge >= 0.3 is 0 Å². The molecule has 1 aromatic heterocycles. The lowest BCUT2D eigenvalue weighted by Crippen LogP contribution is -2.17. The van der Waals surface area contributed by atoms with Gasteiger partial charge in [0.05, 0.1) is 19.9 Å². The first-order valence-corrected chi connectivity index (χ1v) is 9.68. The lowest BCUT2D eigenvalue weighted by atomic mass is 10.2. The molecular formula is C22H25N5O2. The molecule has 1 aliphatic rings. The number of rotatable bonds is 7. The third kappa shape index (κ3) is 4.51. The predicted molar refractivity (Wildman–Crippen MR) is 116 cm³/mol. The average Bonchev–Trinajstić information content (AvgIpc) is 3.30. The molecule has 0 amide bonds. The van der Waals surface area contributed by atoms with E-state index in [0.717, 1.165) is 30.2 Å². The molecular weight excluding hydrogens is 366 g/mol. The monoisotopic (exact) mass is 391 g/mol. The van der Waals surface area contributed by atoms with Crippen LogP contribution >= 0.6 is 0 Å². The van der Waals surface area contributed by atoms with E-state index in [1.165, 1.54) is 24.9 Å².